The molecule has 0 aliphatic carbocycles. The van der Waals surface area contributed by atoms with Gasteiger partial charge in [0.1, 0.15) is 5.54 Å². The number of likely N-dealkylation sites (tertiary alicyclic amines) is 1. The Labute approximate surface area is 119 Å². The van der Waals surface area contributed by atoms with E-state index in [0.29, 0.717) is 23.0 Å². The summed E-state index contributed by atoms with van der Waals surface area (Å²) in [5, 5.41) is 9.40. The summed E-state index contributed by atoms with van der Waals surface area (Å²) in [5.74, 6) is -1.23. The van der Waals surface area contributed by atoms with Crippen LogP contribution in [0.5, 0.6) is 0 Å². The Balaban J connectivity index is 2.33. The molecule has 1 atom stereocenters. The van der Waals surface area contributed by atoms with E-state index in [1.54, 1.807) is 19.2 Å². The molecule has 19 heavy (non-hydrogen) atoms. The molecule has 1 fully saturated rings. The Bertz CT molecular complexity index is 520. The fourth-order valence-corrected chi connectivity index (χ4v) is 2.72. The topological polar surface area (TPSA) is 70.5 Å². The average molecular weight is 327 g/mol. The van der Waals surface area contributed by atoms with Gasteiger partial charge in [0.05, 0.1) is 5.56 Å². The van der Waals surface area contributed by atoms with Gasteiger partial charge >= 0.3 is 5.97 Å². The number of carbonyl (C=O) groups excluding carboxylic acids is 1. The Morgan fingerprint density at radius 1 is 1.42 bits per heavy atom. The van der Waals surface area contributed by atoms with E-state index in [9.17, 15) is 14.7 Å². The largest absolute Gasteiger partial charge is 0.480 e. The zero-order valence-electron chi connectivity index (χ0n) is 10.6. The van der Waals surface area contributed by atoms with Crippen LogP contribution in [0.15, 0.2) is 22.9 Å². The monoisotopic (exact) mass is 326 g/mol. The molecule has 1 aliphatic rings. The number of amides is 1. The third-order valence-corrected chi connectivity index (χ3v) is 3.98. The highest BCUT2D eigenvalue weighted by atomic mass is 79.9. The van der Waals surface area contributed by atoms with Crippen LogP contribution in [0.4, 0.5) is 0 Å². The molecule has 1 aromatic heterocycles. The van der Waals surface area contributed by atoms with Gasteiger partial charge in [-0.15, -0.1) is 0 Å². The summed E-state index contributed by atoms with van der Waals surface area (Å²) in [7, 11) is 0. The van der Waals surface area contributed by atoms with Gasteiger partial charge in [-0.25, -0.2) is 4.79 Å². The zero-order valence-corrected chi connectivity index (χ0v) is 12.2. The van der Waals surface area contributed by atoms with Gasteiger partial charge < -0.3 is 10.0 Å². The number of nitrogens with zero attached hydrogens (tertiary/aromatic N) is 2. The maximum absolute atomic E-state index is 12.5. The number of hydrogen-bond acceptors (Lipinski definition) is 3. The summed E-state index contributed by atoms with van der Waals surface area (Å²) >= 11 is 3.26. The van der Waals surface area contributed by atoms with Gasteiger partial charge in [-0.3, -0.25) is 9.78 Å². The molecular formula is C13H15BrN2O3. The smallest absolute Gasteiger partial charge is 0.329 e. The molecule has 1 unspecified atom stereocenters. The third kappa shape index (κ3) is 2.63. The van der Waals surface area contributed by atoms with Crippen LogP contribution in [0.1, 0.15) is 36.5 Å². The lowest BCUT2D eigenvalue weighted by atomic mass is 9.88. The van der Waals surface area contributed by atoms with Crippen LogP contribution < -0.4 is 0 Å². The minimum absolute atomic E-state index is 0.279. The summed E-state index contributed by atoms with van der Waals surface area (Å²) < 4.78 is 0.701. The molecule has 1 amide bonds. The van der Waals surface area contributed by atoms with E-state index >= 15 is 0 Å². The van der Waals surface area contributed by atoms with Crippen LogP contribution in [-0.4, -0.2) is 39.0 Å². The van der Waals surface area contributed by atoms with Crippen LogP contribution >= 0.6 is 15.9 Å². The number of rotatable bonds is 2. The molecule has 1 N–H and O–H groups in total. The maximum atomic E-state index is 12.5. The second-order valence-electron chi connectivity index (χ2n) is 4.88. The summed E-state index contributed by atoms with van der Waals surface area (Å²) in [5.41, 5.74) is -0.721. The molecular weight excluding hydrogens is 312 g/mol. The number of carboxylic acids is 1. The van der Waals surface area contributed by atoms with Gasteiger partial charge in [-0.05, 0) is 48.2 Å². The first-order chi connectivity index (χ1) is 8.95. The number of carbonyl (C=O) groups is 2. The van der Waals surface area contributed by atoms with Crippen LogP contribution in [0.2, 0.25) is 0 Å². The minimum Gasteiger partial charge on any atom is -0.480 e. The quantitative estimate of drug-likeness (QED) is 0.905. The lowest BCUT2D eigenvalue weighted by Gasteiger charge is -2.41. The maximum Gasteiger partial charge on any atom is 0.329 e. The molecule has 5 nitrogen and oxygen atoms in total. The first-order valence-electron chi connectivity index (χ1n) is 6.11. The second-order valence-corrected chi connectivity index (χ2v) is 5.80. The molecule has 0 bridgehead atoms. The van der Waals surface area contributed by atoms with E-state index in [0.717, 1.165) is 12.8 Å². The van der Waals surface area contributed by atoms with Crippen molar-refractivity contribution in [3.63, 3.8) is 0 Å². The van der Waals surface area contributed by atoms with Crippen molar-refractivity contribution in [1.82, 2.24) is 9.88 Å². The van der Waals surface area contributed by atoms with E-state index in [1.807, 2.05) is 0 Å². The lowest BCUT2D eigenvalue weighted by molar-refractivity contribution is -0.150. The highest BCUT2D eigenvalue weighted by Crippen LogP contribution is 2.30. The molecule has 0 saturated carbocycles. The fourth-order valence-electron chi connectivity index (χ4n) is 2.35. The minimum atomic E-state index is -1.13. The highest BCUT2D eigenvalue weighted by molar-refractivity contribution is 9.10. The number of halogens is 1. The van der Waals surface area contributed by atoms with E-state index < -0.39 is 11.5 Å². The molecule has 0 spiro atoms. The number of piperidine rings is 1. The first kappa shape index (κ1) is 14.0. The number of hydrogen-bond donors (Lipinski definition) is 1. The fraction of sp³-hybridized carbons (Fsp3) is 0.462. The molecule has 6 heteroatoms. The molecule has 2 heterocycles. The number of pyridine rings is 1. The van der Waals surface area contributed by atoms with Crippen molar-refractivity contribution in [3.8, 4) is 0 Å². The van der Waals surface area contributed by atoms with E-state index in [1.165, 1.54) is 11.1 Å². The van der Waals surface area contributed by atoms with Gasteiger partial charge in [0, 0.05) is 23.4 Å². The molecule has 2 rings (SSSR count). The second kappa shape index (κ2) is 5.28. The van der Waals surface area contributed by atoms with Crippen molar-refractivity contribution >= 4 is 27.8 Å². The molecule has 1 aromatic rings. The number of carboxylic acid groups (broad SMARTS) is 1. The van der Waals surface area contributed by atoms with Crippen molar-refractivity contribution in [2.24, 2.45) is 0 Å². The van der Waals surface area contributed by atoms with E-state index in [-0.39, 0.29) is 5.91 Å². The lowest BCUT2D eigenvalue weighted by Crippen LogP contribution is -2.57. The number of aliphatic carboxylic acids is 1. The van der Waals surface area contributed by atoms with Crippen LogP contribution in [-0.2, 0) is 4.79 Å². The summed E-state index contributed by atoms with van der Waals surface area (Å²) in [6, 6.07) is 1.66. The number of aromatic nitrogens is 1. The molecule has 0 radical (unpaired) electrons. The van der Waals surface area contributed by atoms with Gasteiger partial charge in [0.25, 0.3) is 5.91 Å². The summed E-state index contributed by atoms with van der Waals surface area (Å²) in [6.07, 6.45) is 5.18. The Morgan fingerprint density at radius 3 is 2.79 bits per heavy atom. The predicted octanol–water partition coefficient (Wildman–Crippen LogP) is 2.31. The van der Waals surface area contributed by atoms with Gasteiger partial charge in [-0.2, -0.15) is 0 Å². The Morgan fingerprint density at radius 2 is 2.16 bits per heavy atom. The molecule has 0 aromatic carbocycles. The zero-order chi connectivity index (χ0) is 14.0. The van der Waals surface area contributed by atoms with Gasteiger partial charge in [0.15, 0.2) is 0 Å². The standard InChI is InChI=1S/C13H15BrN2O3/c1-13(12(18)19)4-2-3-5-16(13)11(17)9-6-10(14)8-15-7-9/h6-8H,2-5H2,1H3,(H,18,19). The normalized spacial score (nSPS) is 23.2. The average Bonchev–Trinajstić information content (AvgIpc) is 2.38. The van der Waals surface area contributed by atoms with Crippen molar-refractivity contribution in [1.29, 1.82) is 0 Å². The van der Waals surface area contributed by atoms with E-state index in [4.69, 9.17) is 0 Å². The molecule has 1 aliphatic heterocycles. The van der Waals surface area contributed by atoms with Crippen molar-refractivity contribution in [2.45, 2.75) is 31.7 Å². The van der Waals surface area contributed by atoms with Crippen LogP contribution in [0.3, 0.4) is 0 Å². The van der Waals surface area contributed by atoms with Crippen LogP contribution in [0, 0.1) is 0 Å². The predicted molar refractivity (Wildman–Crippen MR) is 72.9 cm³/mol. The van der Waals surface area contributed by atoms with E-state index in [2.05, 4.69) is 20.9 Å². The summed E-state index contributed by atoms with van der Waals surface area (Å²) in [6.45, 7) is 2.08. The van der Waals surface area contributed by atoms with Crippen molar-refractivity contribution < 1.29 is 14.7 Å². The van der Waals surface area contributed by atoms with Crippen LogP contribution in [0.25, 0.3) is 0 Å². The Hall–Kier alpha value is -1.43. The van der Waals surface area contributed by atoms with Crippen molar-refractivity contribution in [3.05, 3.63) is 28.5 Å². The molecule has 102 valence electrons. The third-order valence-electron chi connectivity index (χ3n) is 3.55. The molecule has 1 saturated heterocycles. The summed E-state index contributed by atoms with van der Waals surface area (Å²) in [4.78, 5) is 29.3. The highest BCUT2D eigenvalue weighted by Gasteiger charge is 2.44. The Kier molecular flexibility index (Phi) is 3.89. The SMILES string of the molecule is CC1(C(=O)O)CCCCN1C(=O)c1cncc(Br)c1. The van der Waals surface area contributed by atoms with Crippen molar-refractivity contribution in [2.75, 3.05) is 6.54 Å². The van der Waals surface area contributed by atoms with Gasteiger partial charge in [-0.1, -0.05) is 0 Å². The van der Waals surface area contributed by atoms with Gasteiger partial charge in [0.2, 0.25) is 0 Å². The first-order valence-corrected chi connectivity index (χ1v) is 6.90.